The van der Waals surface area contributed by atoms with Crippen molar-refractivity contribution in [2.24, 2.45) is 0 Å². The third-order valence-corrected chi connectivity index (χ3v) is 7.96. The summed E-state index contributed by atoms with van der Waals surface area (Å²) in [5.41, 5.74) is 6.93. The Bertz CT molecular complexity index is 1310. The summed E-state index contributed by atoms with van der Waals surface area (Å²) in [6.07, 6.45) is 11.5. The molecule has 1 heterocycles. The molecule has 5 rings (SSSR count). The Labute approximate surface area is 226 Å². The Morgan fingerprint density at radius 1 is 0.868 bits per heavy atom. The monoisotopic (exact) mass is 507 g/mol. The van der Waals surface area contributed by atoms with Gasteiger partial charge in [-0.2, -0.15) is 0 Å². The van der Waals surface area contributed by atoms with Gasteiger partial charge in [0.25, 0.3) is 0 Å². The van der Waals surface area contributed by atoms with Crippen molar-refractivity contribution in [1.82, 2.24) is 9.88 Å². The first-order valence-corrected chi connectivity index (χ1v) is 13.6. The van der Waals surface area contributed by atoms with E-state index in [1.165, 1.54) is 34.4 Å². The summed E-state index contributed by atoms with van der Waals surface area (Å²) in [6.45, 7) is 0.601. The third-order valence-electron chi connectivity index (χ3n) is 7.96. The van der Waals surface area contributed by atoms with Crippen molar-refractivity contribution in [3.63, 3.8) is 0 Å². The lowest BCUT2D eigenvalue weighted by atomic mass is 9.74. The van der Waals surface area contributed by atoms with Crippen LogP contribution in [0.3, 0.4) is 0 Å². The van der Waals surface area contributed by atoms with E-state index in [2.05, 4.69) is 102 Å². The molecular formula is C33H37N3O2. The van der Waals surface area contributed by atoms with Gasteiger partial charge < -0.3 is 14.2 Å². The third kappa shape index (κ3) is 5.67. The number of amides is 1. The van der Waals surface area contributed by atoms with Crippen molar-refractivity contribution < 1.29 is 9.21 Å². The normalized spacial score (nSPS) is 14.7. The Hall–Kier alpha value is -3.86. The van der Waals surface area contributed by atoms with Gasteiger partial charge in [0.05, 0.1) is 11.7 Å². The maximum atomic E-state index is 12.6. The molecule has 0 N–H and O–H groups in total. The maximum absolute atomic E-state index is 12.6. The molecule has 196 valence electrons. The number of rotatable bonds is 10. The van der Waals surface area contributed by atoms with Gasteiger partial charge in [0, 0.05) is 32.7 Å². The zero-order valence-electron chi connectivity index (χ0n) is 22.5. The molecule has 0 unspecified atom stereocenters. The molecule has 1 aromatic heterocycles. The van der Waals surface area contributed by atoms with E-state index in [1.807, 2.05) is 0 Å². The zero-order chi connectivity index (χ0) is 26.4. The van der Waals surface area contributed by atoms with Gasteiger partial charge in [-0.1, -0.05) is 79.9 Å². The fourth-order valence-electron chi connectivity index (χ4n) is 5.76. The molecule has 0 atom stereocenters. The largest absolute Gasteiger partial charge is 0.449 e. The van der Waals surface area contributed by atoms with E-state index < -0.39 is 0 Å². The van der Waals surface area contributed by atoms with Crippen LogP contribution in [0.1, 0.15) is 54.7 Å². The number of carbonyl (C=O) groups is 1. The molecule has 1 aliphatic carbocycles. The first-order valence-electron chi connectivity index (χ1n) is 13.6. The van der Waals surface area contributed by atoms with Gasteiger partial charge in [-0.05, 0) is 59.2 Å². The number of benzene rings is 3. The Balaban J connectivity index is 1.36. The highest BCUT2D eigenvalue weighted by atomic mass is 16.3. The molecule has 5 nitrogen and oxygen atoms in total. The number of nitrogens with zero attached hydrogens (tertiary/aromatic N) is 3. The van der Waals surface area contributed by atoms with E-state index in [-0.39, 0.29) is 5.54 Å². The Morgan fingerprint density at radius 2 is 1.58 bits per heavy atom. The predicted octanol–water partition coefficient (Wildman–Crippen LogP) is 7.01. The summed E-state index contributed by atoms with van der Waals surface area (Å²) in [5, 5.41) is 0. The van der Waals surface area contributed by atoms with Crippen LogP contribution in [0.25, 0.3) is 11.1 Å². The van der Waals surface area contributed by atoms with Crippen LogP contribution in [0, 0.1) is 0 Å². The second-order valence-electron chi connectivity index (χ2n) is 10.6. The summed E-state index contributed by atoms with van der Waals surface area (Å²) in [4.78, 5) is 21.0. The molecule has 1 saturated carbocycles. The molecule has 3 aromatic carbocycles. The van der Waals surface area contributed by atoms with E-state index >= 15 is 0 Å². The van der Waals surface area contributed by atoms with Gasteiger partial charge in [-0.15, -0.1) is 0 Å². The van der Waals surface area contributed by atoms with Crippen LogP contribution < -0.4 is 4.90 Å². The van der Waals surface area contributed by atoms with E-state index in [9.17, 15) is 4.79 Å². The number of carbonyl (C=O) groups excluding carboxylic acids is 1. The minimum atomic E-state index is -0.278. The van der Waals surface area contributed by atoms with Crippen LogP contribution in [0.15, 0.2) is 89.7 Å². The van der Waals surface area contributed by atoms with E-state index in [1.54, 1.807) is 12.5 Å². The van der Waals surface area contributed by atoms with Gasteiger partial charge in [0.15, 0.2) is 5.89 Å². The smallest absolute Gasteiger partial charge is 0.210 e. The standard InChI is InChI=1S/C33H37N3O2/c1-35(2)31-16-14-29(15-17-31)28-12-9-27(10-13-28)24-36(25-37)33(19-4-3-5-20-33)30-8-6-7-26(23-30)11-18-32-34-21-22-38-32/h6-10,12-17,21-23,25H,3-5,11,18-20,24H2,1-2H3. The molecule has 1 fully saturated rings. The second kappa shape index (κ2) is 11.7. The zero-order valence-corrected chi connectivity index (χ0v) is 22.5. The summed E-state index contributed by atoms with van der Waals surface area (Å²) >= 11 is 0. The summed E-state index contributed by atoms with van der Waals surface area (Å²) < 4.78 is 5.43. The summed E-state index contributed by atoms with van der Waals surface area (Å²) in [7, 11) is 4.10. The van der Waals surface area contributed by atoms with Crippen LogP contribution in [0.4, 0.5) is 5.69 Å². The highest BCUT2D eigenvalue weighted by Gasteiger charge is 2.39. The summed E-state index contributed by atoms with van der Waals surface area (Å²) in [6, 6.07) is 26.1. The van der Waals surface area contributed by atoms with Crippen LogP contribution in [-0.4, -0.2) is 30.4 Å². The molecule has 38 heavy (non-hydrogen) atoms. The van der Waals surface area contributed by atoms with Crippen molar-refractivity contribution in [3.05, 3.63) is 108 Å². The SMILES string of the molecule is CN(C)c1ccc(-c2ccc(CN(C=O)C3(c4cccc(CCc5ncco5)c4)CCCCC3)cc2)cc1. The van der Waals surface area contributed by atoms with E-state index in [0.717, 1.165) is 56.4 Å². The van der Waals surface area contributed by atoms with Crippen LogP contribution in [0.5, 0.6) is 0 Å². The van der Waals surface area contributed by atoms with Crippen LogP contribution in [0.2, 0.25) is 0 Å². The quantitative estimate of drug-likeness (QED) is 0.217. The molecule has 4 aromatic rings. The predicted molar refractivity (Wildman–Crippen MR) is 153 cm³/mol. The van der Waals surface area contributed by atoms with Crippen LogP contribution in [-0.2, 0) is 29.7 Å². The lowest BCUT2D eigenvalue weighted by Crippen LogP contribution is -2.46. The van der Waals surface area contributed by atoms with E-state index in [0.29, 0.717) is 6.54 Å². The Kier molecular flexibility index (Phi) is 7.92. The fraction of sp³-hybridized carbons (Fsp3) is 0.333. The number of oxazole rings is 1. The van der Waals surface area contributed by atoms with Gasteiger partial charge in [-0.25, -0.2) is 4.98 Å². The maximum Gasteiger partial charge on any atom is 0.210 e. The molecule has 5 heteroatoms. The first kappa shape index (κ1) is 25.8. The molecule has 0 radical (unpaired) electrons. The van der Waals surface area contributed by atoms with Crippen LogP contribution >= 0.6 is 0 Å². The average Bonchev–Trinajstić information content (AvgIpc) is 3.50. The van der Waals surface area contributed by atoms with Gasteiger partial charge >= 0.3 is 0 Å². The highest BCUT2D eigenvalue weighted by Crippen LogP contribution is 2.43. The lowest BCUT2D eigenvalue weighted by Gasteiger charge is -2.45. The molecule has 1 aliphatic rings. The van der Waals surface area contributed by atoms with Gasteiger partial charge in [-0.3, -0.25) is 4.79 Å². The fourth-order valence-corrected chi connectivity index (χ4v) is 5.76. The molecule has 1 amide bonds. The number of aromatic nitrogens is 1. The number of hydrogen-bond acceptors (Lipinski definition) is 4. The van der Waals surface area contributed by atoms with Gasteiger partial charge in [0.1, 0.15) is 6.26 Å². The van der Waals surface area contributed by atoms with Crippen molar-refractivity contribution in [1.29, 1.82) is 0 Å². The topological polar surface area (TPSA) is 49.6 Å². The molecule has 0 aliphatic heterocycles. The van der Waals surface area contributed by atoms with Crippen molar-refractivity contribution in [2.45, 2.75) is 57.0 Å². The highest BCUT2D eigenvalue weighted by molar-refractivity contribution is 5.66. The second-order valence-corrected chi connectivity index (χ2v) is 10.6. The number of anilines is 1. The minimum absolute atomic E-state index is 0.278. The van der Waals surface area contributed by atoms with Crippen molar-refractivity contribution in [2.75, 3.05) is 19.0 Å². The van der Waals surface area contributed by atoms with Crippen molar-refractivity contribution in [3.8, 4) is 11.1 Å². The molecule has 0 spiro atoms. The Morgan fingerprint density at radius 3 is 2.21 bits per heavy atom. The number of hydrogen-bond donors (Lipinski definition) is 0. The first-order chi connectivity index (χ1) is 18.6. The molecule has 0 bridgehead atoms. The minimum Gasteiger partial charge on any atom is -0.449 e. The number of aryl methyl sites for hydroxylation is 2. The van der Waals surface area contributed by atoms with Crippen molar-refractivity contribution >= 4 is 12.1 Å². The average molecular weight is 508 g/mol. The van der Waals surface area contributed by atoms with Gasteiger partial charge in [0.2, 0.25) is 6.41 Å². The molecule has 0 saturated heterocycles. The van der Waals surface area contributed by atoms with E-state index in [4.69, 9.17) is 4.42 Å². The summed E-state index contributed by atoms with van der Waals surface area (Å²) in [5.74, 6) is 0.759. The molecular weight excluding hydrogens is 470 g/mol. The lowest BCUT2D eigenvalue weighted by molar-refractivity contribution is -0.127.